The van der Waals surface area contributed by atoms with Gasteiger partial charge >= 0.3 is 0 Å². The second kappa shape index (κ2) is 3.94. The first-order chi connectivity index (χ1) is 8.92. The maximum absolute atomic E-state index is 6.20. The van der Waals surface area contributed by atoms with Gasteiger partial charge in [0.05, 0.1) is 17.4 Å². The van der Waals surface area contributed by atoms with Crippen LogP contribution in [0, 0.1) is 27.7 Å². The number of nitrogens with zero attached hydrogens (tertiary/aromatic N) is 1. The minimum Gasteiger partial charge on any atom is -0.340 e. The van der Waals surface area contributed by atoms with Crippen molar-refractivity contribution in [3.63, 3.8) is 0 Å². The minimum absolute atomic E-state index is 0.196. The quantitative estimate of drug-likeness (QED) is 0.865. The Morgan fingerprint density at radius 1 is 1.11 bits per heavy atom. The van der Waals surface area contributed by atoms with Crippen LogP contribution >= 0.6 is 0 Å². The van der Waals surface area contributed by atoms with Crippen LogP contribution in [0.2, 0.25) is 0 Å². The molecule has 3 nitrogen and oxygen atoms in total. The number of H-pyrrole nitrogens is 1. The molecule has 100 valence electrons. The Bertz CT molecular complexity index is 622. The smallest absolute Gasteiger partial charge is 0.126 e. The molecule has 1 aliphatic rings. The maximum atomic E-state index is 6.20. The van der Waals surface area contributed by atoms with Crippen LogP contribution in [-0.4, -0.2) is 9.97 Å². The predicted molar refractivity (Wildman–Crippen MR) is 78.1 cm³/mol. The molecular formula is C16H21N3. The monoisotopic (exact) mass is 255 g/mol. The Labute approximate surface area is 114 Å². The van der Waals surface area contributed by atoms with Crippen LogP contribution in [0.15, 0.2) is 12.3 Å². The van der Waals surface area contributed by atoms with E-state index in [1.165, 1.54) is 27.8 Å². The molecule has 1 heterocycles. The average Bonchev–Trinajstić information content (AvgIpc) is 2.91. The molecule has 1 aliphatic carbocycles. The first-order valence-electron chi connectivity index (χ1n) is 6.84. The lowest BCUT2D eigenvalue weighted by molar-refractivity contribution is 0.685. The Balaban J connectivity index is 2.14. The highest BCUT2D eigenvalue weighted by molar-refractivity contribution is 5.70. The van der Waals surface area contributed by atoms with Crippen molar-refractivity contribution in [3.8, 4) is 11.3 Å². The van der Waals surface area contributed by atoms with Gasteiger partial charge in [0.1, 0.15) is 5.82 Å². The Hall–Kier alpha value is -1.61. The van der Waals surface area contributed by atoms with E-state index >= 15 is 0 Å². The lowest BCUT2D eigenvalue weighted by Crippen LogP contribution is -2.20. The molecule has 1 aromatic heterocycles. The Kier molecular flexibility index (Phi) is 2.58. The largest absolute Gasteiger partial charge is 0.340 e. The number of hydrogen-bond acceptors (Lipinski definition) is 2. The minimum atomic E-state index is -0.196. The van der Waals surface area contributed by atoms with E-state index in [1.807, 2.05) is 6.20 Å². The van der Waals surface area contributed by atoms with Crippen molar-refractivity contribution < 1.29 is 0 Å². The third-order valence-corrected chi connectivity index (χ3v) is 4.47. The van der Waals surface area contributed by atoms with Crippen LogP contribution < -0.4 is 5.73 Å². The van der Waals surface area contributed by atoms with Crippen LogP contribution in [0.3, 0.4) is 0 Å². The van der Waals surface area contributed by atoms with E-state index in [0.29, 0.717) is 0 Å². The Morgan fingerprint density at radius 3 is 2.21 bits per heavy atom. The zero-order valence-electron chi connectivity index (χ0n) is 12.1. The molecule has 0 aliphatic heterocycles. The van der Waals surface area contributed by atoms with E-state index in [4.69, 9.17) is 5.73 Å². The summed E-state index contributed by atoms with van der Waals surface area (Å²) in [7, 11) is 0. The van der Waals surface area contributed by atoms with Crippen molar-refractivity contribution in [1.82, 2.24) is 9.97 Å². The van der Waals surface area contributed by atoms with Gasteiger partial charge in [-0.05, 0) is 62.8 Å². The molecule has 0 saturated heterocycles. The van der Waals surface area contributed by atoms with Gasteiger partial charge in [0.2, 0.25) is 0 Å². The first-order valence-corrected chi connectivity index (χ1v) is 6.84. The summed E-state index contributed by atoms with van der Waals surface area (Å²) in [6, 6.07) is 2.25. The normalized spacial score (nSPS) is 16.7. The average molecular weight is 255 g/mol. The molecule has 2 aromatic rings. The van der Waals surface area contributed by atoms with Crippen molar-refractivity contribution in [3.05, 3.63) is 40.3 Å². The molecule has 3 rings (SSSR count). The lowest BCUT2D eigenvalue weighted by Gasteiger charge is -2.14. The summed E-state index contributed by atoms with van der Waals surface area (Å²) in [5.41, 5.74) is 13.7. The molecule has 0 amide bonds. The van der Waals surface area contributed by atoms with E-state index in [1.54, 1.807) is 0 Å². The number of rotatable bonds is 2. The SMILES string of the molecule is Cc1cc(C)c(C)c(-c2cnc(C3(N)CC3)[nH]2)c1C. The molecule has 0 bridgehead atoms. The summed E-state index contributed by atoms with van der Waals surface area (Å²) in [6.45, 7) is 8.67. The van der Waals surface area contributed by atoms with Gasteiger partial charge in [-0.1, -0.05) is 6.07 Å². The molecule has 0 spiro atoms. The van der Waals surface area contributed by atoms with Gasteiger partial charge in [0.25, 0.3) is 0 Å². The van der Waals surface area contributed by atoms with Crippen molar-refractivity contribution >= 4 is 0 Å². The van der Waals surface area contributed by atoms with E-state index in [-0.39, 0.29) is 5.54 Å². The topological polar surface area (TPSA) is 54.7 Å². The second-order valence-corrected chi connectivity index (χ2v) is 5.94. The van der Waals surface area contributed by atoms with Gasteiger partial charge in [0.15, 0.2) is 0 Å². The number of nitrogens with two attached hydrogens (primary N) is 1. The van der Waals surface area contributed by atoms with Crippen molar-refractivity contribution in [2.45, 2.75) is 46.1 Å². The molecule has 1 aromatic carbocycles. The maximum Gasteiger partial charge on any atom is 0.126 e. The third-order valence-electron chi connectivity index (χ3n) is 4.47. The molecule has 19 heavy (non-hydrogen) atoms. The second-order valence-electron chi connectivity index (χ2n) is 5.94. The highest BCUT2D eigenvalue weighted by atomic mass is 15.0. The van der Waals surface area contributed by atoms with E-state index in [0.717, 1.165) is 24.4 Å². The summed E-state index contributed by atoms with van der Waals surface area (Å²) in [5, 5.41) is 0. The van der Waals surface area contributed by atoms with Crippen LogP contribution in [0.1, 0.15) is 40.9 Å². The third kappa shape index (κ3) is 1.89. The first kappa shape index (κ1) is 12.4. The summed E-state index contributed by atoms with van der Waals surface area (Å²) in [4.78, 5) is 7.92. The fourth-order valence-corrected chi connectivity index (χ4v) is 2.69. The molecular weight excluding hydrogens is 234 g/mol. The molecule has 0 atom stereocenters. The molecule has 3 N–H and O–H groups in total. The fourth-order valence-electron chi connectivity index (χ4n) is 2.69. The van der Waals surface area contributed by atoms with Gasteiger partial charge in [-0.25, -0.2) is 4.98 Å². The molecule has 0 unspecified atom stereocenters. The van der Waals surface area contributed by atoms with Crippen LogP contribution in [0.25, 0.3) is 11.3 Å². The number of imidazole rings is 1. The zero-order valence-corrected chi connectivity index (χ0v) is 12.1. The van der Waals surface area contributed by atoms with E-state index in [2.05, 4.69) is 43.7 Å². The van der Waals surface area contributed by atoms with Crippen molar-refractivity contribution in [2.24, 2.45) is 5.73 Å². The van der Waals surface area contributed by atoms with Crippen LogP contribution in [-0.2, 0) is 5.54 Å². The lowest BCUT2D eigenvalue weighted by atomic mass is 9.93. The highest BCUT2D eigenvalue weighted by Gasteiger charge is 2.42. The summed E-state index contributed by atoms with van der Waals surface area (Å²) in [6.07, 6.45) is 3.99. The number of aromatic nitrogens is 2. The van der Waals surface area contributed by atoms with Crippen molar-refractivity contribution in [2.75, 3.05) is 0 Å². The number of hydrogen-bond donors (Lipinski definition) is 2. The van der Waals surface area contributed by atoms with Gasteiger partial charge in [-0.2, -0.15) is 0 Å². The number of aromatic amines is 1. The summed E-state index contributed by atoms with van der Waals surface area (Å²) in [5.74, 6) is 0.931. The van der Waals surface area contributed by atoms with Gasteiger partial charge in [-0.15, -0.1) is 0 Å². The summed E-state index contributed by atoms with van der Waals surface area (Å²) >= 11 is 0. The fraction of sp³-hybridized carbons (Fsp3) is 0.438. The van der Waals surface area contributed by atoms with Gasteiger partial charge < -0.3 is 10.7 Å². The van der Waals surface area contributed by atoms with E-state index < -0.39 is 0 Å². The molecule has 1 saturated carbocycles. The predicted octanol–water partition coefficient (Wildman–Crippen LogP) is 3.26. The highest BCUT2D eigenvalue weighted by Crippen LogP contribution is 2.42. The number of benzene rings is 1. The van der Waals surface area contributed by atoms with Gasteiger partial charge in [-0.3, -0.25) is 0 Å². The summed E-state index contributed by atoms with van der Waals surface area (Å²) < 4.78 is 0. The molecule has 0 radical (unpaired) electrons. The van der Waals surface area contributed by atoms with Gasteiger partial charge in [0, 0.05) is 5.56 Å². The van der Waals surface area contributed by atoms with Crippen LogP contribution in [0.4, 0.5) is 0 Å². The molecule has 1 fully saturated rings. The Morgan fingerprint density at radius 2 is 1.68 bits per heavy atom. The molecule has 3 heteroatoms. The standard InChI is InChI=1S/C16H21N3/c1-9-7-10(2)12(4)14(11(9)3)13-8-18-15(19-13)16(17)5-6-16/h7-8H,5-6,17H2,1-4H3,(H,18,19). The van der Waals surface area contributed by atoms with Crippen LogP contribution in [0.5, 0.6) is 0 Å². The number of nitrogens with one attached hydrogen (secondary N) is 1. The zero-order chi connectivity index (χ0) is 13.8. The van der Waals surface area contributed by atoms with Crippen molar-refractivity contribution in [1.29, 1.82) is 0 Å². The number of aryl methyl sites for hydroxylation is 2. The van der Waals surface area contributed by atoms with E-state index in [9.17, 15) is 0 Å².